The molecule has 0 aromatic carbocycles. The van der Waals surface area contributed by atoms with E-state index in [1.54, 1.807) is 0 Å². The van der Waals surface area contributed by atoms with Crippen molar-refractivity contribution in [1.29, 1.82) is 0 Å². The Kier molecular flexibility index (Phi) is 4.84. The molecule has 26 heavy (non-hydrogen) atoms. The van der Waals surface area contributed by atoms with Crippen LogP contribution in [0.2, 0.25) is 0 Å². The standard InChI is InChI=1S/C19H28N4O3/c1-21-17-15(11-2-3-11)16(14(20)10-24)18(22-12-6-8-26-9-7-12)23(19(17)25)13-4-5-13/h10-13,15,17,21H,2-9,20H2,1H3/b16-14-,22-18?. The molecule has 0 bridgehead atoms. The van der Waals surface area contributed by atoms with Gasteiger partial charge in [0.1, 0.15) is 5.84 Å². The Balaban J connectivity index is 1.80. The molecule has 0 spiro atoms. The molecule has 4 rings (SSSR count). The monoisotopic (exact) mass is 360 g/mol. The quantitative estimate of drug-likeness (QED) is 0.553. The molecule has 1 amide bonds. The number of ether oxygens (including phenoxy) is 1. The highest BCUT2D eigenvalue weighted by Gasteiger charge is 2.53. The van der Waals surface area contributed by atoms with E-state index in [-0.39, 0.29) is 35.6 Å². The second-order valence-corrected chi connectivity index (χ2v) is 7.85. The lowest BCUT2D eigenvalue weighted by Gasteiger charge is -2.42. The number of aliphatic imine (C=N–C) groups is 1. The Morgan fingerprint density at radius 1 is 1.23 bits per heavy atom. The Labute approximate surface area is 154 Å². The van der Waals surface area contributed by atoms with E-state index in [0.717, 1.165) is 50.4 Å². The molecule has 0 aromatic heterocycles. The van der Waals surface area contributed by atoms with Crippen LogP contribution < -0.4 is 11.1 Å². The van der Waals surface area contributed by atoms with Crippen LogP contribution in [0.15, 0.2) is 16.3 Å². The zero-order chi connectivity index (χ0) is 18.3. The minimum atomic E-state index is -0.328. The van der Waals surface area contributed by atoms with Crippen LogP contribution in [0.5, 0.6) is 0 Å². The van der Waals surface area contributed by atoms with Gasteiger partial charge in [-0.1, -0.05) is 0 Å². The zero-order valence-corrected chi connectivity index (χ0v) is 15.3. The van der Waals surface area contributed by atoms with Crippen LogP contribution in [0, 0.1) is 11.8 Å². The van der Waals surface area contributed by atoms with Gasteiger partial charge >= 0.3 is 0 Å². The molecule has 2 aliphatic heterocycles. The summed E-state index contributed by atoms with van der Waals surface area (Å²) in [6.07, 6.45) is 6.51. The molecular weight excluding hydrogens is 332 g/mol. The molecule has 7 heteroatoms. The summed E-state index contributed by atoms with van der Waals surface area (Å²) >= 11 is 0. The van der Waals surface area contributed by atoms with Gasteiger partial charge in [0.15, 0.2) is 6.29 Å². The van der Waals surface area contributed by atoms with Gasteiger partial charge in [0.05, 0.1) is 17.8 Å². The molecule has 7 nitrogen and oxygen atoms in total. The highest BCUT2D eigenvalue weighted by molar-refractivity contribution is 6.15. The second-order valence-electron chi connectivity index (χ2n) is 7.85. The van der Waals surface area contributed by atoms with Gasteiger partial charge in [0, 0.05) is 30.7 Å². The van der Waals surface area contributed by atoms with E-state index in [1.165, 1.54) is 0 Å². The summed E-state index contributed by atoms with van der Waals surface area (Å²) < 4.78 is 5.44. The van der Waals surface area contributed by atoms with Gasteiger partial charge in [-0.05, 0) is 51.5 Å². The van der Waals surface area contributed by atoms with Crippen molar-refractivity contribution in [2.45, 2.75) is 56.7 Å². The number of amides is 1. The molecule has 3 N–H and O–H groups in total. The minimum absolute atomic E-state index is 0.0636. The number of hydrogen-bond donors (Lipinski definition) is 2. The Morgan fingerprint density at radius 2 is 1.92 bits per heavy atom. The number of rotatable bonds is 5. The summed E-state index contributed by atoms with van der Waals surface area (Å²) in [6, 6.07) is -0.0231. The highest BCUT2D eigenvalue weighted by atomic mass is 16.5. The first-order valence-electron chi connectivity index (χ1n) is 9.76. The summed E-state index contributed by atoms with van der Waals surface area (Å²) in [5.74, 6) is 1.08. The van der Waals surface area contributed by atoms with E-state index < -0.39 is 0 Å². The maximum atomic E-state index is 13.3. The lowest BCUT2D eigenvalue weighted by molar-refractivity contribution is -0.132. The molecule has 2 saturated heterocycles. The first-order valence-corrected chi connectivity index (χ1v) is 9.76. The van der Waals surface area contributed by atoms with Crippen molar-refractivity contribution in [3.8, 4) is 0 Å². The molecule has 4 aliphatic rings. The van der Waals surface area contributed by atoms with Crippen molar-refractivity contribution in [3.63, 3.8) is 0 Å². The van der Waals surface area contributed by atoms with Crippen LogP contribution in [-0.4, -0.2) is 61.3 Å². The molecule has 2 atom stereocenters. The van der Waals surface area contributed by atoms with Crippen LogP contribution in [0.25, 0.3) is 0 Å². The number of carbonyl (C=O) groups excluding carboxylic acids is 2. The highest BCUT2D eigenvalue weighted by Crippen LogP contribution is 2.47. The third-order valence-electron chi connectivity index (χ3n) is 5.95. The third kappa shape index (κ3) is 3.18. The predicted molar refractivity (Wildman–Crippen MR) is 97.5 cm³/mol. The molecule has 2 heterocycles. The third-order valence-corrected chi connectivity index (χ3v) is 5.95. The van der Waals surface area contributed by atoms with E-state index in [4.69, 9.17) is 15.5 Å². The van der Waals surface area contributed by atoms with Gasteiger partial charge in [-0.2, -0.15) is 0 Å². The molecular formula is C19H28N4O3. The molecule has 2 saturated carbocycles. The van der Waals surface area contributed by atoms with Crippen molar-refractivity contribution in [3.05, 3.63) is 11.3 Å². The average molecular weight is 360 g/mol. The van der Waals surface area contributed by atoms with Crippen molar-refractivity contribution in [2.24, 2.45) is 22.6 Å². The largest absolute Gasteiger partial charge is 0.396 e. The van der Waals surface area contributed by atoms with Crippen molar-refractivity contribution in [2.75, 3.05) is 20.3 Å². The fraction of sp³-hybridized carbons (Fsp3) is 0.737. The number of carbonyl (C=O) groups is 2. The van der Waals surface area contributed by atoms with Crippen LogP contribution in [0.3, 0.4) is 0 Å². The summed E-state index contributed by atoms with van der Waals surface area (Å²) in [5, 5.41) is 3.20. The maximum absolute atomic E-state index is 13.3. The fourth-order valence-corrected chi connectivity index (χ4v) is 4.31. The summed E-state index contributed by atoms with van der Waals surface area (Å²) in [5.41, 5.74) is 7.20. The lowest BCUT2D eigenvalue weighted by atomic mass is 9.80. The second kappa shape index (κ2) is 7.12. The topological polar surface area (TPSA) is 97.0 Å². The van der Waals surface area contributed by atoms with Gasteiger partial charge in [0.25, 0.3) is 0 Å². The molecule has 0 aromatic rings. The minimum Gasteiger partial charge on any atom is -0.396 e. The molecule has 4 fully saturated rings. The number of nitrogens with one attached hydrogen (secondary N) is 1. The van der Waals surface area contributed by atoms with Crippen molar-refractivity contribution >= 4 is 18.0 Å². The SMILES string of the molecule is CNC1C(=O)N(C2CC2)C(=NC2CCOCC2)/C(=C(\N)C=O)C1C1CC1. The molecule has 2 unspecified atom stereocenters. The predicted octanol–water partition coefficient (Wildman–Crippen LogP) is 0.594. The molecule has 2 aliphatic carbocycles. The Morgan fingerprint density at radius 3 is 2.46 bits per heavy atom. The fourth-order valence-electron chi connectivity index (χ4n) is 4.31. The first-order chi connectivity index (χ1) is 12.7. The first kappa shape index (κ1) is 17.7. The van der Waals surface area contributed by atoms with Gasteiger partial charge in [-0.3, -0.25) is 19.5 Å². The van der Waals surface area contributed by atoms with Gasteiger partial charge < -0.3 is 15.8 Å². The lowest BCUT2D eigenvalue weighted by Crippen LogP contribution is -2.60. The molecule has 0 radical (unpaired) electrons. The van der Waals surface area contributed by atoms with E-state index >= 15 is 0 Å². The van der Waals surface area contributed by atoms with Crippen LogP contribution in [-0.2, 0) is 14.3 Å². The molecule has 142 valence electrons. The van der Waals surface area contributed by atoms with Crippen molar-refractivity contribution < 1.29 is 14.3 Å². The number of piperidine rings is 1. The van der Waals surface area contributed by atoms with Gasteiger partial charge in [-0.25, -0.2) is 0 Å². The average Bonchev–Trinajstić information content (AvgIpc) is 3.55. The summed E-state index contributed by atoms with van der Waals surface area (Å²) in [6.45, 7) is 1.37. The van der Waals surface area contributed by atoms with Crippen molar-refractivity contribution in [1.82, 2.24) is 10.2 Å². The van der Waals surface area contributed by atoms with E-state index in [2.05, 4.69) is 5.32 Å². The zero-order valence-electron chi connectivity index (χ0n) is 15.3. The number of likely N-dealkylation sites (N-methyl/N-ethyl adjacent to an activating group) is 1. The van der Waals surface area contributed by atoms with E-state index in [9.17, 15) is 9.59 Å². The number of likely N-dealkylation sites (tertiary alicyclic amines) is 1. The van der Waals surface area contributed by atoms with Crippen LogP contribution in [0.1, 0.15) is 38.5 Å². The number of nitrogens with two attached hydrogens (primary N) is 1. The van der Waals surface area contributed by atoms with E-state index in [0.29, 0.717) is 25.0 Å². The van der Waals surface area contributed by atoms with Gasteiger partial charge in [0.2, 0.25) is 5.91 Å². The van der Waals surface area contributed by atoms with E-state index in [1.807, 2.05) is 11.9 Å². The van der Waals surface area contributed by atoms with Crippen LogP contribution >= 0.6 is 0 Å². The number of hydrogen-bond acceptors (Lipinski definition) is 6. The Bertz CT molecular complexity index is 645. The normalized spacial score (nSPS) is 34.3. The number of allylic oxidation sites excluding steroid dienone is 1. The maximum Gasteiger partial charge on any atom is 0.246 e. The smallest absolute Gasteiger partial charge is 0.246 e. The Hall–Kier alpha value is -1.73. The number of amidine groups is 1. The van der Waals surface area contributed by atoms with Crippen LogP contribution in [0.4, 0.5) is 0 Å². The van der Waals surface area contributed by atoms with Gasteiger partial charge in [-0.15, -0.1) is 0 Å². The summed E-state index contributed by atoms with van der Waals surface area (Å²) in [7, 11) is 1.82. The summed E-state index contributed by atoms with van der Waals surface area (Å²) in [4.78, 5) is 31.7. The number of aldehydes is 1. The number of nitrogens with zero attached hydrogens (tertiary/aromatic N) is 2.